The van der Waals surface area contributed by atoms with E-state index in [0.29, 0.717) is 21.8 Å². The van der Waals surface area contributed by atoms with E-state index in [1.54, 1.807) is 68.4 Å². The van der Waals surface area contributed by atoms with Gasteiger partial charge in [0.15, 0.2) is 5.13 Å². The Labute approximate surface area is 198 Å². The Bertz CT molecular complexity index is 1290. The van der Waals surface area contributed by atoms with E-state index in [9.17, 15) is 19.5 Å². The zero-order valence-corrected chi connectivity index (χ0v) is 19.3. The standard InChI is InChI=1S/C24H19ClN2O5S/c1-3-32-23(31)21-13(2)26-24(33-21)27-18(15-10-7-11-16(25)12-15)17(20(29)22(27)30)19(28)14-8-5-4-6-9-14/h4-12,18,28H,3H2,1-2H3/t18-/m0/s1. The van der Waals surface area contributed by atoms with Crippen LogP contribution < -0.4 is 4.90 Å². The highest BCUT2D eigenvalue weighted by Gasteiger charge is 2.48. The van der Waals surface area contributed by atoms with Gasteiger partial charge in [-0.15, -0.1) is 0 Å². The molecule has 1 aliphatic rings. The van der Waals surface area contributed by atoms with Crippen LogP contribution in [0.3, 0.4) is 0 Å². The first kappa shape index (κ1) is 22.7. The smallest absolute Gasteiger partial charge is 0.350 e. The predicted molar refractivity (Wildman–Crippen MR) is 125 cm³/mol. The highest BCUT2D eigenvalue weighted by atomic mass is 35.5. The molecule has 4 rings (SSSR count). The third-order valence-electron chi connectivity index (χ3n) is 5.11. The Morgan fingerprint density at radius 3 is 2.58 bits per heavy atom. The number of carbonyl (C=O) groups excluding carboxylic acids is 3. The molecule has 0 bridgehead atoms. The fraction of sp³-hybridized carbons (Fsp3) is 0.167. The average molecular weight is 483 g/mol. The van der Waals surface area contributed by atoms with E-state index in [0.717, 1.165) is 11.3 Å². The summed E-state index contributed by atoms with van der Waals surface area (Å²) in [6.45, 7) is 3.51. The molecule has 1 atom stereocenters. The summed E-state index contributed by atoms with van der Waals surface area (Å²) in [5.74, 6) is -2.58. The van der Waals surface area contributed by atoms with E-state index in [1.165, 1.54) is 4.90 Å². The number of aliphatic hydroxyl groups is 1. The quantitative estimate of drug-likeness (QED) is 0.240. The van der Waals surface area contributed by atoms with Crippen molar-refractivity contribution in [3.63, 3.8) is 0 Å². The molecule has 1 aromatic heterocycles. The maximum absolute atomic E-state index is 13.2. The van der Waals surface area contributed by atoms with Crippen LogP contribution in [0, 0.1) is 6.92 Å². The second-order valence-corrected chi connectivity index (χ2v) is 8.64. The van der Waals surface area contributed by atoms with Crippen LogP contribution in [0.4, 0.5) is 5.13 Å². The molecule has 0 radical (unpaired) electrons. The van der Waals surface area contributed by atoms with Gasteiger partial charge in [0.25, 0.3) is 5.78 Å². The summed E-state index contributed by atoms with van der Waals surface area (Å²) >= 11 is 7.15. The number of benzene rings is 2. The molecule has 1 saturated heterocycles. The highest BCUT2D eigenvalue weighted by molar-refractivity contribution is 7.17. The Morgan fingerprint density at radius 2 is 1.91 bits per heavy atom. The summed E-state index contributed by atoms with van der Waals surface area (Å²) in [6.07, 6.45) is 0. The molecule has 0 saturated carbocycles. The molecule has 9 heteroatoms. The maximum Gasteiger partial charge on any atom is 0.350 e. The molecule has 1 amide bonds. The molecule has 3 aromatic rings. The average Bonchev–Trinajstić information content (AvgIpc) is 3.31. The van der Waals surface area contributed by atoms with E-state index in [4.69, 9.17) is 16.3 Å². The molecular formula is C24H19ClN2O5S. The number of thiazole rings is 1. The number of aliphatic hydroxyl groups excluding tert-OH is 1. The molecule has 0 spiro atoms. The molecule has 1 aliphatic heterocycles. The number of anilines is 1. The number of rotatable bonds is 5. The number of esters is 1. The molecule has 0 aliphatic carbocycles. The number of halogens is 1. The number of ether oxygens (including phenoxy) is 1. The van der Waals surface area contributed by atoms with Crippen molar-refractivity contribution in [2.45, 2.75) is 19.9 Å². The first-order valence-electron chi connectivity index (χ1n) is 10.1. The van der Waals surface area contributed by atoms with E-state index in [2.05, 4.69) is 4.98 Å². The molecule has 7 nitrogen and oxygen atoms in total. The SMILES string of the molecule is CCOC(=O)c1sc(N2C(=O)C(=O)C(=C(O)c3ccccc3)[C@@H]2c2cccc(Cl)c2)nc1C. The van der Waals surface area contributed by atoms with Crippen LogP contribution in [0.25, 0.3) is 5.76 Å². The molecule has 1 fully saturated rings. The Hall–Kier alpha value is -3.49. The topological polar surface area (TPSA) is 96.8 Å². The second kappa shape index (κ2) is 9.17. The van der Waals surface area contributed by atoms with Crippen molar-refractivity contribution in [1.82, 2.24) is 4.98 Å². The zero-order chi connectivity index (χ0) is 23.7. The molecule has 0 unspecified atom stereocenters. The van der Waals surface area contributed by atoms with Gasteiger partial charge in [-0.1, -0.05) is 65.4 Å². The lowest BCUT2D eigenvalue weighted by Crippen LogP contribution is -2.29. The van der Waals surface area contributed by atoms with Gasteiger partial charge in [-0.25, -0.2) is 9.78 Å². The highest BCUT2D eigenvalue weighted by Crippen LogP contribution is 2.44. The van der Waals surface area contributed by atoms with Gasteiger partial charge < -0.3 is 9.84 Å². The van der Waals surface area contributed by atoms with Crippen LogP contribution in [0.1, 0.15) is 39.5 Å². The molecule has 2 aromatic carbocycles. The number of aromatic nitrogens is 1. The molecule has 2 heterocycles. The number of amides is 1. The number of nitrogens with zero attached hydrogens (tertiary/aromatic N) is 2. The van der Waals surface area contributed by atoms with Crippen LogP contribution in [-0.4, -0.2) is 34.4 Å². The van der Waals surface area contributed by atoms with Crippen molar-refractivity contribution in [2.24, 2.45) is 0 Å². The number of hydrogen-bond donors (Lipinski definition) is 1. The van der Waals surface area contributed by atoms with Gasteiger partial charge in [0.1, 0.15) is 10.6 Å². The van der Waals surface area contributed by atoms with Gasteiger partial charge in [0.05, 0.1) is 23.9 Å². The predicted octanol–water partition coefficient (Wildman–Crippen LogP) is 4.91. The summed E-state index contributed by atoms with van der Waals surface area (Å²) in [4.78, 5) is 44.4. The lowest BCUT2D eigenvalue weighted by atomic mass is 9.95. The van der Waals surface area contributed by atoms with E-state index >= 15 is 0 Å². The summed E-state index contributed by atoms with van der Waals surface area (Å²) < 4.78 is 5.07. The van der Waals surface area contributed by atoms with Crippen LogP contribution in [-0.2, 0) is 14.3 Å². The van der Waals surface area contributed by atoms with Gasteiger partial charge in [-0.05, 0) is 31.5 Å². The molecule has 33 heavy (non-hydrogen) atoms. The van der Waals surface area contributed by atoms with Crippen molar-refractivity contribution in [1.29, 1.82) is 0 Å². The van der Waals surface area contributed by atoms with Crippen molar-refractivity contribution in [3.05, 3.63) is 86.9 Å². The largest absolute Gasteiger partial charge is 0.507 e. The first-order chi connectivity index (χ1) is 15.8. The Kier molecular flexibility index (Phi) is 6.31. The van der Waals surface area contributed by atoms with E-state index in [-0.39, 0.29) is 27.9 Å². The lowest BCUT2D eigenvalue weighted by molar-refractivity contribution is -0.132. The third kappa shape index (κ3) is 4.15. The maximum atomic E-state index is 13.2. The molecule has 168 valence electrons. The van der Waals surface area contributed by atoms with Gasteiger partial charge in [0, 0.05) is 10.6 Å². The van der Waals surface area contributed by atoms with Crippen molar-refractivity contribution >= 4 is 51.5 Å². The summed E-state index contributed by atoms with van der Waals surface area (Å²) in [7, 11) is 0. The van der Waals surface area contributed by atoms with Crippen LogP contribution >= 0.6 is 22.9 Å². The minimum Gasteiger partial charge on any atom is -0.507 e. The number of hydrogen-bond acceptors (Lipinski definition) is 7. The van der Waals surface area contributed by atoms with Gasteiger partial charge in [0.2, 0.25) is 0 Å². The zero-order valence-electron chi connectivity index (χ0n) is 17.7. The van der Waals surface area contributed by atoms with E-state index in [1.807, 2.05) is 0 Å². The molecule has 1 N–H and O–H groups in total. The summed E-state index contributed by atoms with van der Waals surface area (Å²) in [5, 5.41) is 11.6. The minimum atomic E-state index is -0.982. The first-order valence-corrected chi connectivity index (χ1v) is 11.3. The second-order valence-electron chi connectivity index (χ2n) is 7.22. The van der Waals surface area contributed by atoms with Crippen LogP contribution in [0.15, 0.2) is 60.2 Å². The number of Topliss-reactive ketones (excluding diaryl/α,β-unsaturated/α-hetero) is 1. The van der Waals surface area contributed by atoms with Gasteiger partial charge in [-0.3, -0.25) is 14.5 Å². The molecular weight excluding hydrogens is 464 g/mol. The van der Waals surface area contributed by atoms with Gasteiger partial charge >= 0.3 is 11.9 Å². The van der Waals surface area contributed by atoms with E-state index < -0.39 is 23.7 Å². The monoisotopic (exact) mass is 482 g/mol. The number of carbonyl (C=O) groups is 3. The van der Waals surface area contributed by atoms with Gasteiger partial charge in [-0.2, -0.15) is 0 Å². The Morgan fingerprint density at radius 1 is 1.18 bits per heavy atom. The lowest BCUT2D eigenvalue weighted by Gasteiger charge is -2.23. The van der Waals surface area contributed by atoms with Crippen molar-refractivity contribution < 1.29 is 24.2 Å². The fourth-order valence-electron chi connectivity index (χ4n) is 3.64. The Balaban J connectivity index is 1.92. The number of aryl methyl sites for hydroxylation is 1. The van der Waals surface area contributed by atoms with Crippen LogP contribution in [0.2, 0.25) is 5.02 Å². The van der Waals surface area contributed by atoms with Crippen molar-refractivity contribution in [3.8, 4) is 0 Å². The minimum absolute atomic E-state index is 0.0843. The third-order valence-corrected chi connectivity index (χ3v) is 6.48. The number of ketones is 1. The summed E-state index contributed by atoms with van der Waals surface area (Å²) in [5.41, 5.74) is 1.21. The fourth-order valence-corrected chi connectivity index (χ4v) is 4.83. The normalized spacial score (nSPS) is 17.4. The van der Waals surface area contributed by atoms with Crippen molar-refractivity contribution in [2.75, 3.05) is 11.5 Å². The van der Waals surface area contributed by atoms with Crippen LogP contribution in [0.5, 0.6) is 0 Å². The summed E-state index contributed by atoms with van der Waals surface area (Å²) in [6, 6.07) is 14.2.